The van der Waals surface area contributed by atoms with Crippen LogP contribution in [0, 0.1) is 11.8 Å². The van der Waals surface area contributed by atoms with Gasteiger partial charge in [-0.1, -0.05) is 38.1 Å². The number of nitrogens with zero attached hydrogens (tertiary/aromatic N) is 4. The van der Waals surface area contributed by atoms with Crippen molar-refractivity contribution in [1.29, 1.82) is 0 Å². The van der Waals surface area contributed by atoms with Gasteiger partial charge in [0, 0.05) is 55.2 Å². The van der Waals surface area contributed by atoms with E-state index in [0.29, 0.717) is 36.1 Å². The summed E-state index contributed by atoms with van der Waals surface area (Å²) in [5.74, 6) is 2.66. The standard InChI is InChI=1S/2C17H16N2O2.2B2/c1-9-8-19-16(18-10(9)2)15-13(17(19)21)6-4-11-3-5-12(20)7-14(11)15;1-9-8-19-16(18-10(9)2)13-6-4-11-3-5-12(20)7-14(11)15(13)17(19)21;2*1-2/h2*3-7,9-10,20H,8H2,1-2H3;;/t9-,10?;9?,10-;;/m10../s1. The van der Waals surface area contributed by atoms with E-state index in [4.69, 9.17) is 9.98 Å². The molecule has 12 heteroatoms. The number of rotatable bonds is 0. The lowest BCUT2D eigenvalue weighted by Crippen LogP contribution is -2.41. The lowest BCUT2D eigenvalue weighted by Gasteiger charge is -2.30. The predicted octanol–water partition coefficient (Wildman–Crippen LogP) is 4.05. The van der Waals surface area contributed by atoms with Crippen molar-refractivity contribution in [2.75, 3.05) is 13.1 Å². The van der Waals surface area contributed by atoms with Gasteiger partial charge in [0.25, 0.3) is 11.8 Å². The molecule has 8 rings (SSSR count). The Morgan fingerprint density at radius 1 is 0.609 bits per heavy atom. The maximum atomic E-state index is 12.8. The molecule has 0 saturated carbocycles. The molecule has 4 atom stereocenters. The summed E-state index contributed by atoms with van der Waals surface area (Å²) >= 11 is 0. The van der Waals surface area contributed by atoms with Gasteiger partial charge in [0.15, 0.2) is 0 Å². The highest BCUT2D eigenvalue weighted by Gasteiger charge is 2.40. The van der Waals surface area contributed by atoms with Gasteiger partial charge in [0.1, 0.15) is 23.2 Å². The first-order valence-corrected chi connectivity index (χ1v) is 15.1. The van der Waals surface area contributed by atoms with E-state index in [9.17, 15) is 19.8 Å². The highest BCUT2D eigenvalue weighted by atomic mass is 16.3. The molecule has 2 unspecified atom stereocenters. The van der Waals surface area contributed by atoms with Gasteiger partial charge in [-0.25, -0.2) is 0 Å². The Morgan fingerprint density at radius 3 is 1.59 bits per heavy atom. The average Bonchev–Trinajstić information content (AvgIpc) is 3.49. The van der Waals surface area contributed by atoms with E-state index in [0.717, 1.165) is 44.3 Å². The number of carbonyl (C=O) groups is 2. The molecule has 0 aliphatic carbocycles. The third-order valence-corrected chi connectivity index (χ3v) is 9.16. The highest BCUT2D eigenvalue weighted by Crippen LogP contribution is 2.37. The van der Waals surface area contributed by atoms with Crippen molar-refractivity contribution in [3.63, 3.8) is 0 Å². The molecule has 0 bridgehead atoms. The van der Waals surface area contributed by atoms with Crippen LogP contribution < -0.4 is 0 Å². The molecule has 0 fully saturated rings. The van der Waals surface area contributed by atoms with Crippen LogP contribution in [0.15, 0.2) is 70.6 Å². The first-order chi connectivity index (χ1) is 22.1. The van der Waals surface area contributed by atoms with Gasteiger partial charge >= 0.3 is 0 Å². The second-order valence-electron chi connectivity index (χ2n) is 12.0. The molecule has 2 N–H and O–H groups in total. The van der Waals surface area contributed by atoms with Gasteiger partial charge < -0.3 is 10.2 Å². The predicted molar refractivity (Wildman–Crippen MR) is 187 cm³/mol. The van der Waals surface area contributed by atoms with E-state index in [2.05, 4.69) is 58.6 Å². The van der Waals surface area contributed by atoms with E-state index in [-0.39, 0.29) is 35.4 Å². The number of phenols is 2. The number of aliphatic imine (C=N–C) groups is 2. The summed E-state index contributed by atoms with van der Waals surface area (Å²) in [5.41, 5.74) is 3.11. The van der Waals surface area contributed by atoms with Crippen LogP contribution in [0.3, 0.4) is 0 Å². The molecule has 2 amide bonds. The summed E-state index contributed by atoms with van der Waals surface area (Å²) in [7, 11) is 16.0. The van der Waals surface area contributed by atoms with Crippen LogP contribution in [-0.2, 0) is 0 Å². The number of phenolic OH excluding ortho intramolecular Hbond substituents is 2. The molecule has 8 radical (unpaired) electrons. The number of hydrogen-bond acceptors (Lipinski definition) is 6. The van der Waals surface area contributed by atoms with Gasteiger partial charge in [0.05, 0.1) is 23.2 Å². The number of carbonyl (C=O) groups excluding carboxylic acids is 2. The van der Waals surface area contributed by atoms with Gasteiger partial charge in [-0.05, 0) is 83.6 Å². The first kappa shape index (κ1) is 32.9. The van der Waals surface area contributed by atoms with E-state index < -0.39 is 0 Å². The largest absolute Gasteiger partial charge is 0.508 e. The zero-order valence-corrected chi connectivity index (χ0v) is 26.3. The van der Waals surface area contributed by atoms with Crippen LogP contribution in [0.5, 0.6) is 11.5 Å². The van der Waals surface area contributed by atoms with Crippen LogP contribution in [-0.4, -0.2) is 99.6 Å². The molecule has 224 valence electrons. The summed E-state index contributed by atoms with van der Waals surface area (Å²) in [6.07, 6.45) is 0. The van der Waals surface area contributed by atoms with Crippen LogP contribution in [0.4, 0.5) is 0 Å². The Labute approximate surface area is 274 Å². The molecule has 46 heavy (non-hydrogen) atoms. The third-order valence-electron chi connectivity index (χ3n) is 9.16. The normalized spacial score (nSPS) is 22.1. The maximum absolute atomic E-state index is 12.8. The summed E-state index contributed by atoms with van der Waals surface area (Å²) < 4.78 is 0. The summed E-state index contributed by atoms with van der Waals surface area (Å²) in [6.45, 7) is 9.81. The summed E-state index contributed by atoms with van der Waals surface area (Å²) in [5, 5.41) is 23.2. The number of hydrogen-bond donors (Lipinski definition) is 2. The van der Waals surface area contributed by atoms with Crippen LogP contribution in [0.2, 0.25) is 0 Å². The molecule has 4 aliphatic heterocycles. The second kappa shape index (κ2) is 13.1. The van der Waals surface area contributed by atoms with Crippen molar-refractivity contribution in [1.82, 2.24) is 9.80 Å². The fraction of sp³-hybridized carbons (Fsp3) is 0.294. The Morgan fingerprint density at radius 2 is 1.04 bits per heavy atom. The smallest absolute Gasteiger partial charge is 0.260 e. The van der Waals surface area contributed by atoms with Gasteiger partial charge in [-0.2, -0.15) is 0 Å². The number of benzene rings is 4. The van der Waals surface area contributed by atoms with Crippen LogP contribution in [0.25, 0.3) is 21.5 Å². The summed E-state index contributed by atoms with van der Waals surface area (Å²) in [4.78, 5) is 38.4. The number of fused-ring (bicyclic) bond motifs is 10. The molecular weight excluding hydrogens is 572 g/mol. The van der Waals surface area contributed by atoms with Crippen molar-refractivity contribution >= 4 is 76.0 Å². The summed E-state index contributed by atoms with van der Waals surface area (Å²) in [6, 6.07) is 18.6. The Hall–Kier alpha value is -4.46. The highest BCUT2D eigenvalue weighted by molar-refractivity contribution is 6.76. The topological polar surface area (TPSA) is 106 Å². The second-order valence-corrected chi connectivity index (χ2v) is 12.0. The Bertz CT molecular complexity index is 1910. The van der Waals surface area contributed by atoms with Crippen LogP contribution in [0.1, 0.15) is 59.5 Å². The third kappa shape index (κ3) is 5.48. The lowest BCUT2D eigenvalue weighted by atomic mass is 9.81. The SMILES string of the molecule is CC1CN2C(=O)c3c(ccc4ccc(O)cc34)C2=N[C@H]1C.CC1N=C2c3c(ccc4ccc(O)cc34)C(=O)N2C[C@H]1C.[B][B].[B][B]. The molecule has 0 aromatic heterocycles. The number of aromatic hydroxyl groups is 2. The maximum Gasteiger partial charge on any atom is 0.260 e. The van der Waals surface area contributed by atoms with E-state index >= 15 is 0 Å². The monoisotopic (exact) mass is 604 g/mol. The molecule has 4 aromatic rings. The zero-order valence-electron chi connectivity index (χ0n) is 26.3. The van der Waals surface area contributed by atoms with E-state index in [1.54, 1.807) is 34.1 Å². The number of amidine groups is 2. The fourth-order valence-electron chi connectivity index (χ4n) is 6.34. The van der Waals surface area contributed by atoms with Gasteiger partial charge in [-0.3, -0.25) is 29.4 Å². The van der Waals surface area contributed by atoms with Gasteiger partial charge in [0.2, 0.25) is 0 Å². The van der Waals surface area contributed by atoms with Crippen molar-refractivity contribution in [3.8, 4) is 11.5 Å². The van der Waals surface area contributed by atoms with Crippen molar-refractivity contribution in [3.05, 3.63) is 82.9 Å². The minimum atomic E-state index is -0.00120. The molecule has 0 saturated heterocycles. The molecule has 8 nitrogen and oxygen atoms in total. The van der Waals surface area contributed by atoms with Crippen molar-refractivity contribution in [2.45, 2.75) is 39.8 Å². The fourth-order valence-corrected chi connectivity index (χ4v) is 6.34. The first-order valence-electron chi connectivity index (χ1n) is 15.1. The van der Waals surface area contributed by atoms with Crippen molar-refractivity contribution < 1.29 is 19.8 Å². The zero-order chi connectivity index (χ0) is 33.4. The minimum absolute atomic E-state index is 0.00120. The minimum Gasteiger partial charge on any atom is -0.508 e. The molecule has 4 heterocycles. The van der Waals surface area contributed by atoms with E-state index in [1.165, 1.54) is 0 Å². The molecule has 4 aliphatic rings. The Kier molecular flexibility index (Phi) is 9.38. The number of amides is 2. The average molecular weight is 604 g/mol. The van der Waals surface area contributed by atoms with Crippen LogP contribution >= 0.6 is 0 Å². The molecule has 0 spiro atoms. The van der Waals surface area contributed by atoms with Gasteiger partial charge in [-0.15, -0.1) is 0 Å². The quantitative estimate of drug-likeness (QED) is 0.296. The van der Waals surface area contributed by atoms with E-state index in [1.807, 2.05) is 36.4 Å². The molecule has 4 aromatic carbocycles. The molecular formula is C34H32B4N4O4. The lowest BCUT2D eigenvalue weighted by molar-refractivity contribution is 0.0826. The Balaban J connectivity index is 0.000000164. The van der Waals surface area contributed by atoms with Crippen molar-refractivity contribution in [2.24, 2.45) is 21.8 Å².